The summed E-state index contributed by atoms with van der Waals surface area (Å²) < 4.78 is 6.46. The zero-order valence-electron chi connectivity index (χ0n) is 20.7. The first-order valence-electron chi connectivity index (χ1n) is 13.6. The first-order chi connectivity index (χ1) is 17.2. The van der Waals surface area contributed by atoms with E-state index in [1.165, 1.54) is 36.9 Å². The van der Waals surface area contributed by atoms with Gasteiger partial charge in [-0.1, -0.05) is 62.6 Å². The maximum absolute atomic E-state index is 12.7. The van der Waals surface area contributed by atoms with Gasteiger partial charge in [-0.15, -0.1) is 0 Å². The van der Waals surface area contributed by atoms with Crippen molar-refractivity contribution in [3.8, 4) is 0 Å². The molecular weight excluding hydrogens is 436 g/mol. The van der Waals surface area contributed by atoms with Crippen molar-refractivity contribution in [1.82, 2.24) is 10.2 Å². The number of carbonyl (C=O) groups excluding carboxylic acids is 1. The molecule has 3 heterocycles. The quantitative estimate of drug-likeness (QED) is 0.467. The van der Waals surface area contributed by atoms with E-state index in [0.29, 0.717) is 23.9 Å². The Morgan fingerprint density at radius 1 is 1.03 bits per heavy atom. The standard InChI is InChI=1S/C29H38N4O2/c1-2-10-23-21-17-18-33(26(21)20-13-6-8-15-24(20)31-23)28-27(35-28)22-14-7-9-16-25(22)32-29(34)30-19-11-4-3-5-12-19/h3-6,8,11-13,15,21-23,25-28,31H,2,7,9-10,14,16-18H2,1H3,(H2,30,32,34)/t21-,22+,23+,25-,26+,27?,28?/m1/s1. The van der Waals surface area contributed by atoms with Gasteiger partial charge in [0.05, 0.1) is 0 Å². The van der Waals surface area contributed by atoms with Crippen molar-refractivity contribution in [2.75, 3.05) is 17.2 Å². The molecule has 3 fully saturated rings. The molecule has 0 aromatic heterocycles. The minimum absolute atomic E-state index is 0.110. The van der Waals surface area contributed by atoms with Crippen LogP contribution in [0.2, 0.25) is 0 Å². The van der Waals surface area contributed by atoms with Crippen molar-refractivity contribution in [2.24, 2.45) is 11.8 Å². The fourth-order valence-corrected chi connectivity index (χ4v) is 7.03. The first-order valence-corrected chi connectivity index (χ1v) is 13.6. The number of hydrogen-bond donors (Lipinski definition) is 3. The van der Waals surface area contributed by atoms with Crippen LogP contribution in [-0.4, -0.2) is 41.9 Å². The number of ether oxygens (including phenoxy) is 1. The molecule has 2 aromatic rings. The van der Waals surface area contributed by atoms with E-state index < -0.39 is 0 Å². The van der Waals surface area contributed by atoms with Gasteiger partial charge in [0.25, 0.3) is 0 Å². The topological polar surface area (TPSA) is 68.9 Å². The van der Waals surface area contributed by atoms with Crippen LogP contribution >= 0.6 is 0 Å². The molecule has 1 aliphatic carbocycles. The fraction of sp³-hybridized carbons (Fsp3) is 0.552. The molecule has 7 atom stereocenters. The Bertz CT molecular complexity index is 1030. The van der Waals surface area contributed by atoms with E-state index in [2.05, 4.69) is 52.0 Å². The van der Waals surface area contributed by atoms with Crippen molar-refractivity contribution >= 4 is 17.4 Å². The van der Waals surface area contributed by atoms with Crippen LogP contribution in [0.3, 0.4) is 0 Å². The smallest absolute Gasteiger partial charge is 0.319 e. The second-order valence-corrected chi connectivity index (χ2v) is 10.8. The van der Waals surface area contributed by atoms with Crippen molar-refractivity contribution in [1.29, 1.82) is 0 Å². The molecular formula is C29H38N4O2. The summed E-state index contributed by atoms with van der Waals surface area (Å²) in [5.74, 6) is 1.00. The molecule has 2 unspecified atom stereocenters. The molecule has 186 valence electrons. The number of para-hydroxylation sites is 2. The highest BCUT2D eigenvalue weighted by atomic mass is 16.6. The number of likely N-dealkylation sites (tertiary alicyclic amines) is 1. The summed E-state index contributed by atoms with van der Waals surface area (Å²) in [6.45, 7) is 3.38. The summed E-state index contributed by atoms with van der Waals surface area (Å²) in [4.78, 5) is 15.4. The molecule has 2 saturated heterocycles. The van der Waals surface area contributed by atoms with Gasteiger partial charge in [0.2, 0.25) is 0 Å². The van der Waals surface area contributed by atoms with Gasteiger partial charge in [0.15, 0.2) is 0 Å². The van der Waals surface area contributed by atoms with Gasteiger partial charge < -0.3 is 20.7 Å². The average molecular weight is 475 g/mol. The number of epoxide rings is 1. The molecule has 6 rings (SSSR count). The maximum Gasteiger partial charge on any atom is 0.319 e. The lowest BCUT2D eigenvalue weighted by molar-refractivity contribution is 0.137. The highest BCUT2D eigenvalue weighted by Crippen LogP contribution is 2.52. The van der Waals surface area contributed by atoms with E-state index in [0.717, 1.165) is 31.5 Å². The minimum atomic E-state index is -0.110. The number of nitrogens with one attached hydrogen (secondary N) is 3. The molecule has 6 nitrogen and oxygen atoms in total. The normalized spacial score (nSPS) is 33.8. The Morgan fingerprint density at radius 2 is 1.83 bits per heavy atom. The lowest BCUT2D eigenvalue weighted by Crippen LogP contribution is -2.47. The van der Waals surface area contributed by atoms with Gasteiger partial charge in [-0.25, -0.2) is 4.79 Å². The van der Waals surface area contributed by atoms with E-state index in [1.54, 1.807) is 0 Å². The van der Waals surface area contributed by atoms with Crippen LogP contribution in [0.4, 0.5) is 16.2 Å². The number of anilines is 2. The first kappa shape index (κ1) is 22.9. The third-order valence-electron chi connectivity index (χ3n) is 8.64. The van der Waals surface area contributed by atoms with E-state index in [9.17, 15) is 4.79 Å². The third kappa shape index (κ3) is 4.54. The van der Waals surface area contributed by atoms with Crippen LogP contribution in [0, 0.1) is 11.8 Å². The summed E-state index contributed by atoms with van der Waals surface area (Å²) in [6.07, 6.45) is 8.53. The number of fused-ring (bicyclic) bond motifs is 3. The number of hydrogen-bond acceptors (Lipinski definition) is 4. The molecule has 3 N–H and O–H groups in total. The van der Waals surface area contributed by atoms with Crippen molar-refractivity contribution < 1.29 is 9.53 Å². The van der Waals surface area contributed by atoms with Crippen molar-refractivity contribution in [3.63, 3.8) is 0 Å². The minimum Gasteiger partial charge on any atom is -0.382 e. The molecule has 35 heavy (non-hydrogen) atoms. The van der Waals surface area contributed by atoms with Gasteiger partial charge in [0.1, 0.15) is 12.3 Å². The molecule has 1 saturated carbocycles. The Hall–Kier alpha value is -2.57. The Kier molecular flexibility index (Phi) is 6.42. The predicted octanol–water partition coefficient (Wildman–Crippen LogP) is 5.75. The van der Waals surface area contributed by atoms with Gasteiger partial charge in [-0.3, -0.25) is 4.90 Å². The van der Waals surface area contributed by atoms with E-state index >= 15 is 0 Å². The molecule has 3 aliphatic heterocycles. The fourth-order valence-electron chi connectivity index (χ4n) is 7.03. The van der Waals surface area contributed by atoms with Gasteiger partial charge >= 0.3 is 6.03 Å². The van der Waals surface area contributed by atoms with Gasteiger partial charge in [0, 0.05) is 47.9 Å². The largest absolute Gasteiger partial charge is 0.382 e. The molecule has 0 spiro atoms. The molecule has 0 bridgehead atoms. The SMILES string of the molecule is CCC[C@@H]1Nc2ccccc2[C@H]2[C@@H]1CCN2C1OC1[C@H]1CCCC[C@H]1NC(=O)Nc1ccccc1. The molecule has 2 amide bonds. The number of benzene rings is 2. The summed E-state index contributed by atoms with van der Waals surface area (Å²) in [6, 6.07) is 19.5. The van der Waals surface area contributed by atoms with Gasteiger partial charge in [-0.2, -0.15) is 0 Å². The van der Waals surface area contributed by atoms with Crippen LogP contribution in [0.25, 0.3) is 0 Å². The number of carbonyl (C=O) groups is 1. The van der Waals surface area contributed by atoms with Crippen molar-refractivity contribution in [3.05, 3.63) is 60.2 Å². The van der Waals surface area contributed by atoms with Crippen LogP contribution in [0.1, 0.15) is 63.5 Å². The zero-order chi connectivity index (χ0) is 23.8. The highest BCUT2D eigenvalue weighted by molar-refractivity contribution is 5.89. The number of nitrogens with zero attached hydrogens (tertiary/aromatic N) is 1. The maximum atomic E-state index is 12.7. The summed E-state index contributed by atoms with van der Waals surface area (Å²) in [7, 11) is 0. The summed E-state index contributed by atoms with van der Waals surface area (Å²) >= 11 is 0. The van der Waals surface area contributed by atoms with E-state index in [-0.39, 0.29) is 24.4 Å². The van der Waals surface area contributed by atoms with Crippen LogP contribution in [0.15, 0.2) is 54.6 Å². The zero-order valence-corrected chi connectivity index (χ0v) is 20.7. The van der Waals surface area contributed by atoms with Crippen molar-refractivity contribution in [2.45, 2.75) is 82.3 Å². The number of amides is 2. The highest BCUT2D eigenvalue weighted by Gasteiger charge is 2.56. The lowest BCUT2D eigenvalue weighted by Gasteiger charge is -2.40. The van der Waals surface area contributed by atoms with E-state index in [1.807, 2.05) is 30.3 Å². The third-order valence-corrected chi connectivity index (χ3v) is 8.64. The van der Waals surface area contributed by atoms with Crippen LogP contribution in [-0.2, 0) is 4.74 Å². The summed E-state index contributed by atoms with van der Waals surface area (Å²) in [5, 5.41) is 10.1. The monoisotopic (exact) mass is 474 g/mol. The predicted molar refractivity (Wildman–Crippen MR) is 139 cm³/mol. The number of rotatable bonds is 6. The van der Waals surface area contributed by atoms with E-state index in [4.69, 9.17) is 4.74 Å². The second-order valence-electron chi connectivity index (χ2n) is 10.8. The number of urea groups is 1. The Morgan fingerprint density at radius 3 is 2.69 bits per heavy atom. The van der Waals surface area contributed by atoms with Crippen LogP contribution in [0.5, 0.6) is 0 Å². The second kappa shape index (κ2) is 9.82. The summed E-state index contributed by atoms with van der Waals surface area (Å²) in [5.41, 5.74) is 3.55. The molecule has 6 heteroatoms. The molecule has 2 aromatic carbocycles. The van der Waals surface area contributed by atoms with Gasteiger partial charge in [-0.05, 0) is 49.4 Å². The molecule has 4 aliphatic rings. The average Bonchev–Trinajstić information content (AvgIpc) is 3.54. The Labute approximate surface area is 208 Å². The van der Waals surface area contributed by atoms with Crippen LogP contribution < -0.4 is 16.0 Å². The lowest BCUT2D eigenvalue weighted by atomic mass is 9.80. The Balaban J connectivity index is 1.15. The molecule has 0 radical (unpaired) electrons.